The molecular formula is C36H31N5O5S. The fourth-order valence-electron chi connectivity index (χ4n) is 5.77. The topological polar surface area (TPSA) is 117 Å². The predicted octanol–water partition coefficient (Wildman–Crippen LogP) is 7.07. The van der Waals surface area contributed by atoms with Gasteiger partial charge in [-0.3, -0.25) is 24.4 Å². The van der Waals surface area contributed by atoms with Crippen molar-refractivity contribution in [3.8, 4) is 0 Å². The smallest absolute Gasteiger partial charge is 0.410 e. The van der Waals surface area contributed by atoms with Gasteiger partial charge in [0, 0.05) is 23.8 Å². The highest BCUT2D eigenvalue weighted by Gasteiger charge is 2.40. The van der Waals surface area contributed by atoms with Crippen LogP contribution in [0.5, 0.6) is 0 Å². The van der Waals surface area contributed by atoms with Crippen molar-refractivity contribution in [1.29, 1.82) is 0 Å². The Morgan fingerprint density at radius 2 is 1.83 bits per heavy atom. The number of nitrogens with zero attached hydrogens (tertiary/aromatic N) is 4. The first-order valence-corrected chi connectivity index (χ1v) is 16.2. The minimum atomic E-state index is -0.622. The first-order chi connectivity index (χ1) is 23.0. The summed E-state index contributed by atoms with van der Waals surface area (Å²) in [7, 11) is 0. The number of hydrogen-bond acceptors (Lipinski definition) is 8. The van der Waals surface area contributed by atoms with E-state index in [2.05, 4.69) is 10.3 Å². The number of aromatic nitrogens is 1. The number of rotatable bonds is 8. The van der Waals surface area contributed by atoms with Gasteiger partial charge < -0.3 is 14.5 Å². The number of thioether (sulfide) groups is 1. The largest absolute Gasteiger partial charge is 0.467 e. The highest BCUT2D eigenvalue weighted by atomic mass is 32.2. The van der Waals surface area contributed by atoms with Crippen LogP contribution in [0.2, 0.25) is 0 Å². The van der Waals surface area contributed by atoms with E-state index in [1.54, 1.807) is 35.6 Å². The fourth-order valence-corrected chi connectivity index (χ4v) is 6.94. The highest BCUT2D eigenvalue weighted by molar-refractivity contribution is 8.15. The maximum Gasteiger partial charge on any atom is 0.410 e. The van der Waals surface area contributed by atoms with E-state index >= 15 is 0 Å². The maximum absolute atomic E-state index is 13.8. The molecule has 0 radical (unpaired) electrons. The Bertz CT molecular complexity index is 1930. The van der Waals surface area contributed by atoms with Gasteiger partial charge in [0.25, 0.3) is 0 Å². The Hall–Kier alpha value is -5.42. The van der Waals surface area contributed by atoms with Crippen molar-refractivity contribution in [1.82, 2.24) is 14.8 Å². The minimum absolute atomic E-state index is 0.115. The Balaban J connectivity index is 1.05. The summed E-state index contributed by atoms with van der Waals surface area (Å²) in [5.74, 6) is 0.257. The lowest BCUT2D eigenvalue weighted by atomic mass is 10.1. The van der Waals surface area contributed by atoms with Crippen molar-refractivity contribution in [3.63, 3.8) is 0 Å². The molecule has 0 bridgehead atoms. The van der Waals surface area contributed by atoms with Crippen molar-refractivity contribution < 1.29 is 23.5 Å². The third-order valence-corrected chi connectivity index (χ3v) is 9.39. The van der Waals surface area contributed by atoms with Crippen LogP contribution in [0.15, 0.2) is 119 Å². The van der Waals surface area contributed by atoms with Gasteiger partial charge in [-0.15, -0.1) is 0 Å². The van der Waals surface area contributed by atoms with Gasteiger partial charge >= 0.3 is 6.09 Å². The molecule has 2 aromatic heterocycles. The lowest BCUT2D eigenvalue weighted by Crippen LogP contribution is -2.43. The summed E-state index contributed by atoms with van der Waals surface area (Å²) >= 11 is 1.37. The summed E-state index contributed by atoms with van der Waals surface area (Å²) in [6.45, 7) is 0.852. The van der Waals surface area contributed by atoms with Crippen LogP contribution >= 0.6 is 11.8 Å². The number of nitrogens with one attached hydrogen (secondary N) is 1. The zero-order chi connectivity index (χ0) is 32.2. The third-order valence-electron chi connectivity index (χ3n) is 8.15. The van der Waals surface area contributed by atoms with Gasteiger partial charge in [-0.25, -0.2) is 9.79 Å². The number of ether oxygens (including phenoxy) is 1. The van der Waals surface area contributed by atoms with E-state index in [9.17, 15) is 14.4 Å². The molecule has 3 aromatic carbocycles. The molecule has 10 nitrogen and oxygen atoms in total. The van der Waals surface area contributed by atoms with E-state index in [0.29, 0.717) is 36.0 Å². The van der Waals surface area contributed by atoms with Gasteiger partial charge in [-0.2, -0.15) is 0 Å². The number of fused-ring (bicyclic) bond motifs is 1. The van der Waals surface area contributed by atoms with Gasteiger partial charge in [-0.05, 0) is 72.5 Å². The van der Waals surface area contributed by atoms with E-state index < -0.39 is 17.4 Å². The lowest BCUT2D eigenvalue weighted by molar-refractivity contribution is -0.126. The molecule has 0 saturated carbocycles. The molecule has 1 N–H and O–H groups in total. The molecule has 1 unspecified atom stereocenters. The Morgan fingerprint density at radius 3 is 2.64 bits per heavy atom. The third kappa shape index (κ3) is 6.61. The molecule has 2 aliphatic rings. The SMILES string of the molecule is O=C(Nc1ccc(C2SC(=Nc3cccc4ncccc34)N(Cc3ccco3)C2=O)cc1)[C@@H]1CCCN1C(=O)OCc1ccccc1. The zero-order valence-electron chi connectivity index (χ0n) is 25.3. The first kappa shape index (κ1) is 30.2. The van der Waals surface area contributed by atoms with E-state index in [1.807, 2.05) is 78.9 Å². The maximum atomic E-state index is 13.8. The van der Waals surface area contributed by atoms with Crippen molar-refractivity contribution in [2.24, 2.45) is 4.99 Å². The van der Waals surface area contributed by atoms with Gasteiger partial charge in [0.1, 0.15) is 23.7 Å². The second kappa shape index (κ2) is 13.5. The van der Waals surface area contributed by atoms with Crippen molar-refractivity contribution in [2.75, 3.05) is 11.9 Å². The second-order valence-electron chi connectivity index (χ2n) is 11.2. The van der Waals surface area contributed by atoms with Crippen molar-refractivity contribution in [2.45, 2.75) is 37.3 Å². The Labute approximate surface area is 275 Å². The van der Waals surface area contributed by atoms with Gasteiger partial charge in [0.05, 0.1) is 24.0 Å². The average Bonchev–Trinajstić information content (AvgIpc) is 3.87. The summed E-state index contributed by atoms with van der Waals surface area (Å²) in [6, 6.07) is 29.2. The number of carbonyl (C=O) groups excluding carboxylic acids is 3. The molecule has 0 aliphatic carbocycles. The predicted molar refractivity (Wildman–Crippen MR) is 180 cm³/mol. The molecule has 3 amide bonds. The summed E-state index contributed by atoms with van der Waals surface area (Å²) in [5.41, 5.74) is 3.77. The zero-order valence-corrected chi connectivity index (χ0v) is 26.1. The number of amidine groups is 1. The van der Waals surface area contributed by atoms with E-state index in [-0.39, 0.29) is 25.0 Å². The Kier molecular flexibility index (Phi) is 8.70. The molecule has 11 heteroatoms. The molecule has 4 heterocycles. The molecule has 2 atom stereocenters. The van der Waals surface area contributed by atoms with Crippen LogP contribution in [0.1, 0.15) is 35.0 Å². The minimum Gasteiger partial charge on any atom is -0.467 e. The molecule has 0 spiro atoms. The number of pyridine rings is 1. The molecule has 2 fully saturated rings. The van der Waals surface area contributed by atoms with Crippen molar-refractivity contribution >= 4 is 57.1 Å². The summed E-state index contributed by atoms with van der Waals surface area (Å²) < 4.78 is 11.0. The van der Waals surface area contributed by atoms with Crippen LogP contribution in [0.3, 0.4) is 0 Å². The normalized spacial score (nSPS) is 18.6. The van der Waals surface area contributed by atoms with Crippen LogP contribution in [-0.2, 0) is 27.5 Å². The van der Waals surface area contributed by atoms with Gasteiger partial charge in [0.2, 0.25) is 11.8 Å². The number of hydrogen-bond donors (Lipinski definition) is 1. The number of carbonyl (C=O) groups is 3. The van der Waals surface area contributed by atoms with Gasteiger partial charge in [-0.1, -0.05) is 60.3 Å². The Morgan fingerprint density at radius 1 is 0.979 bits per heavy atom. The quantitative estimate of drug-likeness (QED) is 0.192. The van der Waals surface area contributed by atoms with E-state index in [0.717, 1.165) is 27.7 Å². The van der Waals surface area contributed by atoms with Crippen LogP contribution in [0, 0.1) is 0 Å². The number of furan rings is 1. The van der Waals surface area contributed by atoms with Crippen LogP contribution < -0.4 is 5.32 Å². The van der Waals surface area contributed by atoms with Crippen LogP contribution in [-0.4, -0.2) is 50.4 Å². The molecular weight excluding hydrogens is 614 g/mol. The second-order valence-corrected chi connectivity index (χ2v) is 12.3. The molecule has 236 valence electrons. The number of anilines is 1. The molecule has 7 rings (SSSR count). The van der Waals surface area contributed by atoms with Crippen molar-refractivity contribution in [3.05, 3.63) is 126 Å². The van der Waals surface area contributed by atoms with Gasteiger partial charge in [0.15, 0.2) is 5.17 Å². The molecule has 2 saturated heterocycles. The highest BCUT2D eigenvalue weighted by Crippen LogP contribution is 2.42. The average molecular weight is 646 g/mol. The summed E-state index contributed by atoms with van der Waals surface area (Å²) in [5, 5.41) is 3.85. The molecule has 47 heavy (non-hydrogen) atoms. The first-order valence-electron chi connectivity index (χ1n) is 15.3. The number of aliphatic imine (C=N–C) groups is 1. The molecule has 5 aromatic rings. The van der Waals surface area contributed by atoms with E-state index in [1.165, 1.54) is 16.7 Å². The fraction of sp³-hybridized carbons (Fsp3) is 0.194. The lowest BCUT2D eigenvalue weighted by Gasteiger charge is -2.23. The standard InChI is InChI=1S/C36H31N5O5S/c42-33(31-14-6-20-40(31)36(44)46-23-24-8-2-1-3-9-24)38-26-17-15-25(16-18-26)32-34(43)41(22-27-10-7-21-45-27)35(47-32)39-30-13-4-12-29-28(30)11-5-19-37-29/h1-5,7-13,15-19,21,31-32H,6,14,20,22-23H2,(H,38,42)/t31-,32?/m0/s1. The summed E-state index contributed by atoms with van der Waals surface area (Å²) in [4.78, 5) is 52.4. The number of likely N-dealkylation sites (tertiary alicyclic amines) is 1. The molecule has 2 aliphatic heterocycles. The van der Waals surface area contributed by atoms with Crippen LogP contribution in [0.25, 0.3) is 10.9 Å². The summed E-state index contributed by atoms with van der Waals surface area (Å²) in [6.07, 6.45) is 4.09. The van der Waals surface area contributed by atoms with Crippen LogP contribution in [0.4, 0.5) is 16.2 Å². The van der Waals surface area contributed by atoms with E-state index in [4.69, 9.17) is 14.1 Å². The number of amides is 3. The number of benzene rings is 3. The monoisotopic (exact) mass is 645 g/mol.